The topological polar surface area (TPSA) is 50.4 Å². The molecule has 2 rings (SSSR count). The largest absolute Gasteiger partial charge is 0.494 e. The van der Waals surface area contributed by atoms with Crippen molar-refractivity contribution >= 4 is 11.6 Å². The predicted molar refractivity (Wildman–Crippen MR) is 93.7 cm³/mol. The van der Waals surface area contributed by atoms with Gasteiger partial charge in [0.1, 0.15) is 5.75 Å². The molecule has 1 atom stereocenters. The molecule has 4 nitrogen and oxygen atoms in total. The zero-order valence-electron chi connectivity index (χ0n) is 13.7. The van der Waals surface area contributed by atoms with E-state index in [2.05, 4.69) is 17.6 Å². The number of carbonyl (C=O) groups excluding carboxylic acids is 1. The molecular weight excluding hydrogens is 288 g/mol. The van der Waals surface area contributed by atoms with Gasteiger partial charge in [-0.1, -0.05) is 37.3 Å². The lowest BCUT2D eigenvalue weighted by atomic mass is 10.0. The number of hydrogen-bond donors (Lipinski definition) is 2. The fourth-order valence-electron chi connectivity index (χ4n) is 2.37. The van der Waals surface area contributed by atoms with Crippen molar-refractivity contribution in [2.45, 2.75) is 26.3 Å². The molecular formula is C19H24N2O2. The highest BCUT2D eigenvalue weighted by Gasteiger charge is 2.11. The third kappa shape index (κ3) is 5.33. The van der Waals surface area contributed by atoms with Gasteiger partial charge in [0.2, 0.25) is 5.91 Å². The number of rotatable bonds is 8. The van der Waals surface area contributed by atoms with Crippen molar-refractivity contribution in [3.8, 4) is 5.75 Å². The van der Waals surface area contributed by atoms with E-state index in [0.717, 1.165) is 23.4 Å². The summed E-state index contributed by atoms with van der Waals surface area (Å²) in [5, 5.41) is 6.19. The summed E-state index contributed by atoms with van der Waals surface area (Å²) in [6.45, 7) is 4.91. The smallest absolute Gasteiger partial charge is 0.239 e. The first-order valence-electron chi connectivity index (χ1n) is 8.04. The number of benzene rings is 2. The van der Waals surface area contributed by atoms with Gasteiger partial charge in [0.05, 0.1) is 19.2 Å². The Morgan fingerprint density at radius 3 is 2.35 bits per heavy atom. The molecule has 23 heavy (non-hydrogen) atoms. The number of nitrogens with one attached hydrogen (secondary N) is 2. The second-order valence-corrected chi connectivity index (χ2v) is 5.25. The third-order valence-electron chi connectivity index (χ3n) is 3.56. The first kappa shape index (κ1) is 16.9. The summed E-state index contributed by atoms with van der Waals surface area (Å²) >= 11 is 0. The lowest BCUT2D eigenvalue weighted by Crippen LogP contribution is -2.33. The van der Waals surface area contributed by atoms with Gasteiger partial charge in [-0.3, -0.25) is 4.79 Å². The van der Waals surface area contributed by atoms with Crippen LogP contribution in [0.2, 0.25) is 0 Å². The van der Waals surface area contributed by atoms with Crippen molar-refractivity contribution in [1.29, 1.82) is 0 Å². The minimum absolute atomic E-state index is 0.0189. The Morgan fingerprint density at radius 1 is 1.04 bits per heavy atom. The molecule has 0 saturated heterocycles. The fraction of sp³-hybridized carbons (Fsp3) is 0.316. The fourth-order valence-corrected chi connectivity index (χ4v) is 2.37. The van der Waals surface area contributed by atoms with Crippen molar-refractivity contribution in [2.24, 2.45) is 0 Å². The molecule has 0 heterocycles. The van der Waals surface area contributed by atoms with Gasteiger partial charge in [-0.05, 0) is 43.2 Å². The normalized spacial score (nSPS) is 11.6. The summed E-state index contributed by atoms with van der Waals surface area (Å²) in [6.07, 6.45) is 0.860. The van der Waals surface area contributed by atoms with Gasteiger partial charge in [0.25, 0.3) is 0 Å². The maximum Gasteiger partial charge on any atom is 0.239 e. The van der Waals surface area contributed by atoms with Crippen LogP contribution in [-0.4, -0.2) is 19.1 Å². The first-order chi connectivity index (χ1) is 11.2. The molecule has 0 fully saturated rings. The Hall–Kier alpha value is -2.49. The van der Waals surface area contributed by atoms with Crippen LogP contribution in [0.4, 0.5) is 5.69 Å². The maximum absolute atomic E-state index is 12.1. The Kier molecular flexibility index (Phi) is 6.48. The van der Waals surface area contributed by atoms with Crippen molar-refractivity contribution in [2.75, 3.05) is 18.5 Å². The average Bonchev–Trinajstić information content (AvgIpc) is 2.60. The van der Waals surface area contributed by atoms with Crippen LogP contribution >= 0.6 is 0 Å². The van der Waals surface area contributed by atoms with Gasteiger partial charge >= 0.3 is 0 Å². The Bertz CT molecular complexity index is 597. The van der Waals surface area contributed by atoms with Crippen molar-refractivity contribution < 1.29 is 9.53 Å². The summed E-state index contributed by atoms with van der Waals surface area (Å²) in [5.41, 5.74) is 2.03. The quantitative estimate of drug-likeness (QED) is 0.780. The molecule has 0 aliphatic heterocycles. The van der Waals surface area contributed by atoms with E-state index in [1.807, 2.05) is 61.5 Å². The molecule has 0 bridgehead atoms. The van der Waals surface area contributed by atoms with Crippen LogP contribution in [0.3, 0.4) is 0 Å². The summed E-state index contributed by atoms with van der Waals surface area (Å²) in [5.74, 6) is 0.812. The molecule has 0 spiro atoms. The highest BCUT2D eigenvalue weighted by Crippen LogP contribution is 2.17. The lowest BCUT2D eigenvalue weighted by molar-refractivity contribution is -0.120. The van der Waals surface area contributed by atoms with Crippen LogP contribution < -0.4 is 15.4 Å². The van der Waals surface area contributed by atoms with Crippen LogP contribution in [0.25, 0.3) is 0 Å². The zero-order valence-corrected chi connectivity index (χ0v) is 13.7. The van der Waals surface area contributed by atoms with Crippen LogP contribution in [0.5, 0.6) is 5.75 Å². The van der Waals surface area contributed by atoms with E-state index in [0.29, 0.717) is 6.61 Å². The van der Waals surface area contributed by atoms with Crippen LogP contribution in [0.1, 0.15) is 31.9 Å². The zero-order chi connectivity index (χ0) is 16.5. The molecule has 122 valence electrons. The average molecular weight is 312 g/mol. The summed E-state index contributed by atoms with van der Waals surface area (Å²) in [6, 6.07) is 17.7. The molecule has 2 aromatic rings. The molecule has 0 aliphatic carbocycles. The standard InChI is InChI=1S/C19H24N2O2/c1-3-18(15-8-6-5-7-9-15)21-19(22)14-20-16-10-12-17(13-11-16)23-4-2/h5-13,18,20H,3-4,14H2,1-2H3,(H,21,22). The number of amides is 1. The molecule has 0 saturated carbocycles. The van der Waals surface area contributed by atoms with Crippen molar-refractivity contribution in [3.63, 3.8) is 0 Å². The van der Waals surface area contributed by atoms with Crippen LogP contribution in [-0.2, 0) is 4.79 Å². The lowest BCUT2D eigenvalue weighted by Gasteiger charge is -2.18. The molecule has 4 heteroatoms. The third-order valence-corrected chi connectivity index (χ3v) is 3.56. The highest BCUT2D eigenvalue weighted by molar-refractivity contribution is 5.81. The summed E-state index contributed by atoms with van der Waals surface area (Å²) in [4.78, 5) is 12.1. The van der Waals surface area contributed by atoms with E-state index in [4.69, 9.17) is 4.74 Å². The second-order valence-electron chi connectivity index (χ2n) is 5.25. The van der Waals surface area contributed by atoms with Gasteiger partial charge in [0.15, 0.2) is 0 Å². The van der Waals surface area contributed by atoms with Crippen LogP contribution in [0.15, 0.2) is 54.6 Å². The molecule has 0 aliphatic rings. The minimum atomic E-state index is -0.0189. The number of anilines is 1. The van der Waals surface area contributed by atoms with E-state index < -0.39 is 0 Å². The SMILES string of the molecule is CCOc1ccc(NCC(=O)NC(CC)c2ccccc2)cc1. The molecule has 0 aromatic heterocycles. The van der Waals surface area contributed by atoms with Gasteiger partial charge in [-0.25, -0.2) is 0 Å². The Labute approximate surface area is 137 Å². The van der Waals surface area contributed by atoms with E-state index in [1.165, 1.54) is 0 Å². The molecule has 2 N–H and O–H groups in total. The number of carbonyl (C=O) groups is 1. The molecule has 2 aromatic carbocycles. The minimum Gasteiger partial charge on any atom is -0.494 e. The van der Waals surface area contributed by atoms with Gasteiger partial charge in [-0.2, -0.15) is 0 Å². The Morgan fingerprint density at radius 2 is 1.74 bits per heavy atom. The second kappa shape index (κ2) is 8.83. The number of ether oxygens (including phenoxy) is 1. The monoisotopic (exact) mass is 312 g/mol. The summed E-state index contributed by atoms with van der Waals surface area (Å²) < 4.78 is 5.40. The van der Waals surface area contributed by atoms with E-state index in [-0.39, 0.29) is 18.5 Å². The van der Waals surface area contributed by atoms with Crippen molar-refractivity contribution in [3.05, 3.63) is 60.2 Å². The van der Waals surface area contributed by atoms with E-state index in [1.54, 1.807) is 0 Å². The van der Waals surface area contributed by atoms with Gasteiger partial charge in [0, 0.05) is 5.69 Å². The van der Waals surface area contributed by atoms with Gasteiger partial charge in [-0.15, -0.1) is 0 Å². The van der Waals surface area contributed by atoms with Crippen LogP contribution in [0, 0.1) is 0 Å². The summed E-state index contributed by atoms with van der Waals surface area (Å²) in [7, 11) is 0. The van der Waals surface area contributed by atoms with Gasteiger partial charge < -0.3 is 15.4 Å². The predicted octanol–water partition coefficient (Wildman–Crippen LogP) is 3.76. The van der Waals surface area contributed by atoms with E-state index in [9.17, 15) is 4.79 Å². The molecule has 0 radical (unpaired) electrons. The maximum atomic E-state index is 12.1. The molecule has 1 unspecified atom stereocenters. The van der Waals surface area contributed by atoms with E-state index >= 15 is 0 Å². The first-order valence-corrected chi connectivity index (χ1v) is 8.04. The van der Waals surface area contributed by atoms with Crippen molar-refractivity contribution in [1.82, 2.24) is 5.32 Å². The molecule has 1 amide bonds. The Balaban J connectivity index is 1.84. The highest BCUT2D eigenvalue weighted by atomic mass is 16.5. The number of hydrogen-bond acceptors (Lipinski definition) is 3.